The van der Waals surface area contributed by atoms with Crippen LogP contribution in [0.5, 0.6) is 0 Å². The molecule has 0 aliphatic heterocycles. The molecule has 0 radical (unpaired) electrons. The Morgan fingerprint density at radius 1 is 1.15 bits per heavy atom. The van der Waals surface area contributed by atoms with Gasteiger partial charge in [-0.3, -0.25) is 0 Å². The molecule has 0 fully saturated rings. The maximum atomic E-state index is 12.4. The molecule has 2 rings (SSSR count). The van der Waals surface area contributed by atoms with Crippen LogP contribution in [0.4, 0.5) is 0 Å². The number of ether oxygens (including phenoxy) is 1. The highest BCUT2D eigenvalue weighted by atomic mass is 32.2. The van der Waals surface area contributed by atoms with Gasteiger partial charge in [0, 0.05) is 18.5 Å². The molecule has 20 heavy (non-hydrogen) atoms. The van der Waals surface area contributed by atoms with Crippen molar-refractivity contribution in [3.63, 3.8) is 0 Å². The summed E-state index contributed by atoms with van der Waals surface area (Å²) in [6, 6.07) is 12.7. The Bertz CT molecular complexity index is 677. The zero-order valence-electron chi connectivity index (χ0n) is 11.7. The summed E-state index contributed by atoms with van der Waals surface area (Å²) in [6.07, 6.45) is -0.148. The topological polar surface area (TPSA) is 55.4 Å². The van der Waals surface area contributed by atoms with Crippen molar-refractivity contribution in [2.45, 2.75) is 24.8 Å². The molecule has 0 spiro atoms. The van der Waals surface area contributed by atoms with Gasteiger partial charge in [-0.25, -0.2) is 13.1 Å². The molecule has 0 amide bonds. The second kappa shape index (κ2) is 6.35. The second-order valence-corrected chi connectivity index (χ2v) is 6.33. The number of rotatable bonds is 6. The zero-order chi connectivity index (χ0) is 14.6. The number of hydrogen-bond acceptors (Lipinski definition) is 3. The Morgan fingerprint density at radius 3 is 2.60 bits per heavy atom. The van der Waals surface area contributed by atoms with Crippen molar-refractivity contribution in [1.29, 1.82) is 0 Å². The summed E-state index contributed by atoms with van der Waals surface area (Å²) in [6.45, 7) is 4.56. The fourth-order valence-electron chi connectivity index (χ4n) is 2.08. The smallest absolute Gasteiger partial charge is 0.241 e. The third-order valence-electron chi connectivity index (χ3n) is 3.05. The molecule has 108 valence electrons. The van der Waals surface area contributed by atoms with Crippen LogP contribution in [-0.2, 0) is 14.8 Å². The Balaban J connectivity index is 2.28. The predicted molar refractivity (Wildman–Crippen MR) is 80.2 cm³/mol. The van der Waals surface area contributed by atoms with Crippen LogP contribution in [0, 0.1) is 0 Å². The van der Waals surface area contributed by atoms with E-state index in [0.717, 1.165) is 10.8 Å². The molecule has 1 atom stereocenters. The SMILES string of the molecule is CCOC(C)CNS(=O)(=O)c1cccc2ccccc12. The van der Waals surface area contributed by atoms with Gasteiger partial charge < -0.3 is 4.74 Å². The van der Waals surface area contributed by atoms with Crippen molar-refractivity contribution in [2.75, 3.05) is 13.2 Å². The average Bonchev–Trinajstić information content (AvgIpc) is 2.45. The van der Waals surface area contributed by atoms with Crippen LogP contribution < -0.4 is 4.72 Å². The fourth-order valence-corrected chi connectivity index (χ4v) is 3.42. The summed E-state index contributed by atoms with van der Waals surface area (Å²) in [5, 5.41) is 1.64. The van der Waals surface area contributed by atoms with E-state index in [-0.39, 0.29) is 12.6 Å². The van der Waals surface area contributed by atoms with E-state index in [2.05, 4.69) is 4.72 Å². The Hall–Kier alpha value is -1.43. The molecule has 4 nitrogen and oxygen atoms in total. The summed E-state index contributed by atoms with van der Waals surface area (Å²) in [5.74, 6) is 0. The second-order valence-electron chi connectivity index (χ2n) is 4.60. The van der Waals surface area contributed by atoms with Crippen molar-refractivity contribution >= 4 is 20.8 Å². The lowest BCUT2D eigenvalue weighted by Crippen LogP contribution is -2.32. The van der Waals surface area contributed by atoms with Crippen molar-refractivity contribution in [2.24, 2.45) is 0 Å². The molecule has 0 aliphatic rings. The van der Waals surface area contributed by atoms with E-state index < -0.39 is 10.0 Å². The average molecular weight is 293 g/mol. The molecule has 0 aliphatic carbocycles. The van der Waals surface area contributed by atoms with Crippen molar-refractivity contribution in [1.82, 2.24) is 4.72 Å². The van der Waals surface area contributed by atoms with Gasteiger partial charge in [0.25, 0.3) is 0 Å². The zero-order valence-corrected chi connectivity index (χ0v) is 12.5. The van der Waals surface area contributed by atoms with Crippen LogP contribution in [0.2, 0.25) is 0 Å². The van der Waals surface area contributed by atoms with Crippen molar-refractivity contribution < 1.29 is 13.2 Å². The first-order chi connectivity index (χ1) is 9.54. The lowest BCUT2D eigenvalue weighted by atomic mass is 10.1. The first-order valence-electron chi connectivity index (χ1n) is 6.63. The number of hydrogen-bond donors (Lipinski definition) is 1. The summed E-state index contributed by atoms with van der Waals surface area (Å²) < 4.78 is 32.7. The quantitative estimate of drug-likeness (QED) is 0.890. The molecule has 0 saturated heterocycles. The molecule has 0 bridgehead atoms. The number of nitrogens with one attached hydrogen (secondary N) is 1. The van der Waals surface area contributed by atoms with E-state index >= 15 is 0 Å². The van der Waals surface area contributed by atoms with Crippen LogP contribution in [0.1, 0.15) is 13.8 Å². The minimum absolute atomic E-state index is 0.148. The van der Waals surface area contributed by atoms with Gasteiger partial charge in [-0.2, -0.15) is 0 Å². The van der Waals surface area contributed by atoms with Gasteiger partial charge in [-0.1, -0.05) is 36.4 Å². The summed E-state index contributed by atoms with van der Waals surface area (Å²) in [5.41, 5.74) is 0. The Kier molecular flexibility index (Phi) is 4.75. The third-order valence-corrected chi connectivity index (χ3v) is 4.53. The van der Waals surface area contributed by atoms with E-state index in [9.17, 15) is 8.42 Å². The number of fused-ring (bicyclic) bond motifs is 1. The molecule has 2 aromatic rings. The lowest BCUT2D eigenvalue weighted by molar-refractivity contribution is 0.0799. The molecule has 0 saturated carbocycles. The first-order valence-corrected chi connectivity index (χ1v) is 8.12. The number of benzene rings is 2. The standard InChI is InChI=1S/C15H19NO3S/c1-3-19-12(2)11-16-20(17,18)15-10-6-8-13-7-4-5-9-14(13)15/h4-10,12,16H,3,11H2,1-2H3. The molecule has 0 heterocycles. The highest BCUT2D eigenvalue weighted by molar-refractivity contribution is 7.89. The first kappa shape index (κ1) is 15.0. The Morgan fingerprint density at radius 2 is 1.85 bits per heavy atom. The Labute approximate surface area is 119 Å². The molecule has 2 aromatic carbocycles. The molecular formula is C15H19NO3S. The molecular weight excluding hydrogens is 274 g/mol. The van der Waals surface area contributed by atoms with Gasteiger partial charge >= 0.3 is 0 Å². The van der Waals surface area contributed by atoms with Gasteiger partial charge in [0.1, 0.15) is 0 Å². The van der Waals surface area contributed by atoms with E-state index in [1.807, 2.05) is 44.2 Å². The maximum Gasteiger partial charge on any atom is 0.241 e. The molecule has 1 N–H and O–H groups in total. The lowest BCUT2D eigenvalue weighted by Gasteiger charge is -2.14. The normalized spacial score (nSPS) is 13.5. The summed E-state index contributed by atoms with van der Waals surface area (Å²) in [7, 11) is -3.53. The van der Waals surface area contributed by atoms with Gasteiger partial charge in [0.15, 0.2) is 0 Å². The maximum absolute atomic E-state index is 12.4. The highest BCUT2D eigenvalue weighted by Gasteiger charge is 2.17. The largest absolute Gasteiger partial charge is 0.377 e. The third kappa shape index (κ3) is 3.36. The molecule has 5 heteroatoms. The highest BCUT2D eigenvalue weighted by Crippen LogP contribution is 2.22. The van der Waals surface area contributed by atoms with Gasteiger partial charge in [0.05, 0.1) is 11.0 Å². The van der Waals surface area contributed by atoms with Crippen molar-refractivity contribution in [3.05, 3.63) is 42.5 Å². The van der Waals surface area contributed by atoms with Crippen LogP contribution in [0.25, 0.3) is 10.8 Å². The van der Waals surface area contributed by atoms with Crippen LogP contribution >= 0.6 is 0 Å². The van der Waals surface area contributed by atoms with E-state index in [1.165, 1.54) is 0 Å². The monoisotopic (exact) mass is 293 g/mol. The molecule has 1 unspecified atom stereocenters. The fraction of sp³-hybridized carbons (Fsp3) is 0.333. The van der Waals surface area contributed by atoms with E-state index in [4.69, 9.17) is 4.74 Å². The van der Waals surface area contributed by atoms with E-state index in [0.29, 0.717) is 11.5 Å². The minimum atomic E-state index is -3.53. The van der Waals surface area contributed by atoms with Gasteiger partial charge in [0.2, 0.25) is 10.0 Å². The van der Waals surface area contributed by atoms with E-state index in [1.54, 1.807) is 12.1 Å². The number of sulfonamides is 1. The van der Waals surface area contributed by atoms with Crippen LogP contribution in [0.3, 0.4) is 0 Å². The molecule has 0 aromatic heterocycles. The van der Waals surface area contributed by atoms with Crippen LogP contribution in [0.15, 0.2) is 47.4 Å². The summed E-state index contributed by atoms with van der Waals surface area (Å²) in [4.78, 5) is 0.305. The predicted octanol–water partition coefficient (Wildman–Crippen LogP) is 2.54. The minimum Gasteiger partial charge on any atom is -0.377 e. The van der Waals surface area contributed by atoms with Gasteiger partial charge in [-0.15, -0.1) is 0 Å². The van der Waals surface area contributed by atoms with Crippen molar-refractivity contribution in [3.8, 4) is 0 Å². The van der Waals surface area contributed by atoms with Gasteiger partial charge in [-0.05, 0) is 25.3 Å². The van der Waals surface area contributed by atoms with Crippen LogP contribution in [-0.4, -0.2) is 27.7 Å². The summed E-state index contributed by atoms with van der Waals surface area (Å²) >= 11 is 0.